The molecule has 1 aliphatic carbocycles. The zero-order valence-corrected chi connectivity index (χ0v) is 30.0. The van der Waals surface area contributed by atoms with Crippen molar-refractivity contribution in [3.05, 3.63) is 181 Å². The summed E-state index contributed by atoms with van der Waals surface area (Å²) in [7, 11) is 0. The van der Waals surface area contributed by atoms with E-state index < -0.39 is 0 Å². The Labute approximate surface area is 313 Å². The summed E-state index contributed by atoms with van der Waals surface area (Å²) in [6, 6.07) is 60.5. The molecule has 0 N–H and O–H groups in total. The smallest absolute Gasteiger partial charge is 0.160 e. The van der Waals surface area contributed by atoms with Crippen LogP contribution in [0.3, 0.4) is 0 Å². The molecule has 0 saturated carbocycles. The molecule has 1 aliphatic rings. The first-order chi connectivity index (χ1) is 26.5. The summed E-state index contributed by atoms with van der Waals surface area (Å²) >= 11 is 0. The fourth-order valence-corrected chi connectivity index (χ4v) is 8.81. The van der Waals surface area contributed by atoms with Crippen LogP contribution < -0.4 is 0 Å². The molecule has 54 heavy (non-hydrogen) atoms. The molecule has 0 amide bonds. The van der Waals surface area contributed by atoms with Crippen molar-refractivity contribution in [2.45, 2.75) is 19.3 Å². The van der Waals surface area contributed by atoms with Crippen molar-refractivity contribution >= 4 is 43.5 Å². The minimum atomic E-state index is -0.152. The van der Waals surface area contributed by atoms with E-state index in [0.29, 0.717) is 5.82 Å². The number of fused-ring (bicyclic) bond motifs is 9. The molecule has 8 aromatic carbocycles. The monoisotopic (exact) mass is 690 g/mol. The second-order valence-corrected chi connectivity index (χ2v) is 14.9. The van der Waals surface area contributed by atoms with Crippen LogP contribution in [0.15, 0.2) is 174 Å². The molecule has 10 aromatic rings. The van der Waals surface area contributed by atoms with Gasteiger partial charge in [-0.2, -0.15) is 0 Å². The van der Waals surface area contributed by atoms with E-state index in [-0.39, 0.29) is 5.41 Å². The summed E-state index contributed by atoms with van der Waals surface area (Å²) in [6.07, 6.45) is 0. The number of aromatic nitrogens is 2. The zero-order valence-electron chi connectivity index (χ0n) is 30.0. The van der Waals surface area contributed by atoms with Crippen LogP contribution in [0.2, 0.25) is 0 Å². The van der Waals surface area contributed by atoms with E-state index in [1.165, 1.54) is 43.8 Å². The maximum absolute atomic E-state index is 6.45. The maximum atomic E-state index is 6.45. The molecule has 0 fully saturated rings. The van der Waals surface area contributed by atoms with E-state index in [9.17, 15) is 0 Å². The quantitative estimate of drug-likeness (QED) is 0.184. The van der Waals surface area contributed by atoms with Gasteiger partial charge in [-0.3, -0.25) is 0 Å². The van der Waals surface area contributed by atoms with Gasteiger partial charge in [-0.1, -0.05) is 147 Å². The predicted molar refractivity (Wildman–Crippen MR) is 224 cm³/mol. The third-order valence-electron chi connectivity index (χ3n) is 11.5. The third-order valence-corrected chi connectivity index (χ3v) is 11.5. The number of hydrogen-bond acceptors (Lipinski definition) is 3. The van der Waals surface area contributed by atoms with Crippen LogP contribution in [0.25, 0.3) is 99.6 Å². The van der Waals surface area contributed by atoms with Gasteiger partial charge in [-0.25, -0.2) is 9.97 Å². The van der Waals surface area contributed by atoms with Gasteiger partial charge in [0.25, 0.3) is 0 Å². The average Bonchev–Trinajstić information content (AvgIpc) is 3.72. The van der Waals surface area contributed by atoms with Crippen molar-refractivity contribution in [3.63, 3.8) is 0 Å². The summed E-state index contributed by atoms with van der Waals surface area (Å²) in [4.78, 5) is 10.6. The molecular formula is C51H34N2O. The van der Waals surface area contributed by atoms with Crippen LogP contribution in [-0.2, 0) is 5.41 Å². The van der Waals surface area contributed by atoms with Crippen molar-refractivity contribution in [3.8, 4) is 56.2 Å². The largest absolute Gasteiger partial charge is 0.456 e. The van der Waals surface area contributed by atoms with Crippen molar-refractivity contribution < 1.29 is 4.42 Å². The molecule has 2 aromatic heterocycles. The molecule has 0 saturated heterocycles. The van der Waals surface area contributed by atoms with Crippen LogP contribution in [-0.4, -0.2) is 9.97 Å². The summed E-state index contributed by atoms with van der Waals surface area (Å²) in [6.45, 7) is 4.68. The van der Waals surface area contributed by atoms with Gasteiger partial charge < -0.3 is 4.42 Å². The van der Waals surface area contributed by atoms with Gasteiger partial charge in [0.05, 0.1) is 11.4 Å². The highest BCUT2D eigenvalue weighted by atomic mass is 16.3. The molecule has 0 radical (unpaired) electrons. The highest BCUT2D eigenvalue weighted by Crippen LogP contribution is 2.53. The fourth-order valence-electron chi connectivity index (χ4n) is 8.81. The Bertz CT molecular complexity index is 3130. The number of nitrogens with zero attached hydrogens (tertiary/aromatic N) is 2. The summed E-state index contributed by atoms with van der Waals surface area (Å²) in [5, 5.41) is 7.18. The van der Waals surface area contributed by atoms with Crippen molar-refractivity contribution in [2.24, 2.45) is 0 Å². The Balaban J connectivity index is 1.12. The maximum Gasteiger partial charge on any atom is 0.160 e. The average molecular weight is 691 g/mol. The zero-order chi connectivity index (χ0) is 36.0. The molecule has 11 rings (SSSR count). The van der Waals surface area contributed by atoms with Crippen molar-refractivity contribution in [2.75, 3.05) is 0 Å². The van der Waals surface area contributed by atoms with Crippen molar-refractivity contribution in [1.82, 2.24) is 9.97 Å². The summed E-state index contributed by atoms with van der Waals surface area (Å²) in [5.41, 5.74) is 14.0. The second kappa shape index (κ2) is 11.6. The number of benzene rings is 8. The van der Waals surface area contributed by atoms with Gasteiger partial charge >= 0.3 is 0 Å². The first-order valence-electron chi connectivity index (χ1n) is 18.6. The first-order valence-corrected chi connectivity index (χ1v) is 18.6. The molecule has 2 heterocycles. The topological polar surface area (TPSA) is 38.9 Å². The number of rotatable bonds is 4. The van der Waals surface area contributed by atoms with Gasteiger partial charge in [-0.05, 0) is 91.3 Å². The Hall–Kier alpha value is -6.84. The Morgan fingerprint density at radius 1 is 0.426 bits per heavy atom. The van der Waals surface area contributed by atoms with Gasteiger partial charge in [0.15, 0.2) is 5.82 Å². The molecule has 254 valence electrons. The Morgan fingerprint density at radius 3 is 1.96 bits per heavy atom. The lowest BCUT2D eigenvalue weighted by molar-refractivity contribution is 0.661. The van der Waals surface area contributed by atoms with Crippen LogP contribution in [0, 0.1) is 0 Å². The number of furan rings is 1. The molecule has 0 atom stereocenters. The first kappa shape index (κ1) is 30.8. The van der Waals surface area contributed by atoms with Gasteiger partial charge in [0.1, 0.15) is 11.2 Å². The lowest BCUT2D eigenvalue weighted by Gasteiger charge is -2.22. The van der Waals surface area contributed by atoms with Crippen LogP contribution in [0.4, 0.5) is 0 Å². The molecule has 0 bridgehead atoms. The molecule has 0 unspecified atom stereocenters. The minimum Gasteiger partial charge on any atom is -0.456 e. The highest BCUT2D eigenvalue weighted by Gasteiger charge is 2.37. The minimum absolute atomic E-state index is 0.152. The summed E-state index contributed by atoms with van der Waals surface area (Å²) in [5.74, 6) is 0.705. The van der Waals surface area contributed by atoms with E-state index in [2.05, 4.69) is 178 Å². The SMILES string of the molecule is CC1(C)c2cc3ccccc3cc2-c2c(-c3cc(-c4cccc(-c5cccc6oc7ccc8ccccc8c7c56)c4)nc(-c4ccccc4)n3)cccc21. The molecule has 3 nitrogen and oxygen atoms in total. The molecule has 0 aliphatic heterocycles. The van der Waals surface area contributed by atoms with E-state index in [1.807, 2.05) is 6.07 Å². The predicted octanol–water partition coefficient (Wildman–Crippen LogP) is 13.7. The van der Waals surface area contributed by atoms with Crippen LogP contribution in [0.1, 0.15) is 25.0 Å². The standard InChI is InChI=1S/C51H34N2O/c1-51(2)41-23-11-22-39(47(41)40-28-33-16-6-7-17-34(33)29-42(40)51)44-30-43(52-50(53-44)32-14-4-3-5-15-32)36-19-10-18-35(27-36)38-21-12-24-45-49(38)48-37-20-9-8-13-31(37)25-26-46(48)54-45/h3-30H,1-2H3. The second-order valence-electron chi connectivity index (χ2n) is 14.9. The van der Waals surface area contributed by atoms with E-state index in [0.717, 1.165) is 61.1 Å². The number of hydrogen-bond donors (Lipinski definition) is 0. The molecular weight excluding hydrogens is 657 g/mol. The molecule has 3 heteroatoms. The van der Waals surface area contributed by atoms with Gasteiger partial charge in [0, 0.05) is 32.9 Å². The van der Waals surface area contributed by atoms with E-state index in [4.69, 9.17) is 14.4 Å². The van der Waals surface area contributed by atoms with Crippen molar-refractivity contribution in [1.29, 1.82) is 0 Å². The third kappa shape index (κ3) is 4.61. The highest BCUT2D eigenvalue weighted by molar-refractivity contribution is 6.22. The Kier molecular flexibility index (Phi) is 6.60. The van der Waals surface area contributed by atoms with Gasteiger partial charge in [0.2, 0.25) is 0 Å². The normalized spacial score (nSPS) is 13.1. The van der Waals surface area contributed by atoms with Gasteiger partial charge in [-0.15, -0.1) is 0 Å². The van der Waals surface area contributed by atoms with Crippen LogP contribution in [0.5, 0.6) is 0 Å². The van der Waals surface area contributed by atoms with E-state index >= 15 is 0 Å². The fraction of sp³-hybridized carbons (Fsp3) is 0.0588. The Morgan fingerprint density at radius 2 is 1.09 bits per heavy atom. The molecule has 0 spiro atoms. The lowest BCUT2D eigenvalue weighted by atomic mass is 9.81. The van der Waals surface area contributed by atoms with Crippen LogP contribution >= 0.6 is 0 Å². The summed E-state index contributed by atoms with van der Waals surface area (Å²) < 4.78 is 6.45. The lowest BCUT2D eigenvalue weighted by Crippen LogP contribution is -2.14. The van der Waals surface area contributed by atoms with E-state index in [1.54, 1.807) is 0 Å².